The molecule has 0 saturated carbocycles. The fourth-order valence-corrected chi connectivity index (χ4v) is 8.66. The van der Waals surface area contributed by atoms with Crippen molar-refractivity contribution in [3.05, 3.63) is 176 Å². The van der Waals surface area contributed by atoms with Crippen molar-refractivity contribution >= 4 is 65.3 Å². The van der Waals surface area contributed by atoms with E-state index in [4.69, 9.17) is 9.97 Å². The number of benzene rings is 8. The van der Waals surface area contributed by atoms with Crippen LogP contribution in [0, 0.1) is 0 Å². The van der Waals surface area contributed by atoms with Gasteiger partial charge in [0, 0.05) is 55.9 Å². The summed E-state index contributed by atoms with van der Waals surface area (Å²) in [5.74, 6) is 0.990. The zero-order valence-electron chi connectivity index (χ0n) is 29.7. The van der Waals surface area contributed by atoms with Crippen LogP contribution < -0.4 is 0 Å². The third kappa shape index (κ3) is 4.56. The third-order valence-electron chi connectivity index (χ3n) is 11.1. The Labute approximate surface area is 312 Å². The average Bonchev–Trinajstić information content (AvgIpc) is 3.79. The molecule has 0 spiro atoms. The number of hydrogen-bond acceptors (Lipinski definition) is 2. The molecule has 0 aliphatic carbocycles. The molecule has 0 atom stereocenters. The Bertz CT molecular complexity index is 3200. The lowest BCUT2D eigenvalue weighted by molar-refractivity contribution is 0.796. The first kappa shape index (κ1) is 30.6. The summed E-state index contributed by atoms with van der Waals surface area (Å²) in [7, 11) is 0. The fraction of sp³-hybridized carbons (Fsp3) is 0.0400. The summed E-state index contributed by atoms with van der Waals surface area (Å²) in [6, 6.07) is 63.3. The SMILES string of the molecule is CCn1c(-c2ccc(-c3cccc4c3nc(-c3cccc(-n5c6ccccc6c6ccccc65)c3)c3ccc5ccccc5c34)cc2)nc2ccccc21. The number of imidazole rings is 1. The van der Waals surface area contributed by atoms with E-state index in [-0.39, 0.29) is 0 Å². The molecule has 3 aromatic heterocycles. The average molecular weight is 691 g/mol. The van der Waals surface area contributed by atoms with Gasteiger partial charge in [-0.2, -0.15) is 0 Å². The zero-order chi connectivity index (χ0) is 35.8. The van der Waals surface area contributed by atoms with E-state index in [1.807, 2.05) is 0 Å². The summed E-state index contributed by atoms with van der Waals surface area (Å²) in [5, 5.41) is 8.48. The summed E-state index contributed by atoms with van der Waals surface area (Å²) >= 11 is 0. The predicted molar refractivity (Wildman–Crippen MR) is 226 cm³/mol. The Morgan fingerprint density at radius 2 is 1.11 bits per heavy atom. The minimum atomic E-state index is 0.854. The van der Waals surface area contributed by atoms with Crippen LogP contribution >= 0.6 is 0 Å². The maximum atomic E-state index is 5.61. The Hall–Kier alpha value is -7.04. The standard InChI is InChI=1S/C50H34N4/c1-2-53-46-24-10-7-21-43(46)51-50(53)34-27-25-33(26-28-34)38-19-12-20-41-47-37-16-4-3-13-32(37)29-30-42(47)48(52-49(38)41)35-14-11-15-36(31-35)54-44-22-8-5-17-39(44)40-18-6-9-23-45(40)54/h3-31H,2H2,1H3. The minimum Gasteiger partial charge on any atom is -0.324 e. The lowest BCUT2D eigenvalue weighted by Gasteiger charge is -2.16. The number of hydrogen-bond donors (Lipinski definition) is 0. The van der Waals surface area contributed by atoms with E-state index >= 15 is 0 Å². The molecule has 0 amide bonds. The molecule has 254 valence electrons. The summed E-state index contributed by atoms with van der Waals surface area (Å²) in [4.78, 5) is 10.6. The van der Waals surface area contributed by atoms with Crippen molar-refractivity contribution in [3.8, 4) is 39.5 Å². The molecule has 54 heavy (non-hydrogen) atoms. The quantitative estimate of drug-likeness (QED) is 0.169. The molecular weight excluding hydrogens is 657 g/mol. The molecule has 4 nitrogen and oxygen atoms in total. The van der Waals surface area contributed by atoms with Crippen LogP contribution in [0.3, 0.4) is 0 Å². The second-order valence-electron chi connectivity index (χ2n) is 14.0. The van der Waals surface area contributed by atoms with E-state index in [2.05, 4.69) is 192 Å². The maximum Gasteiger partial charge on any atom is 0.141 e. The van der Waals surface area contributed by atoms with Crippen LogP contribution in [0.2, 0.25) is 0 Å². The lowest BCUT2D eigenvalue weighted by atomic mass is 9.92. The summed E-state index contributed by atoms with van der Waals surface area (Å²) < 4.78 is 4.67. The van der Waals surface area contributed by atoms with Gasteiger partial charge < -0.3 is 9.13 Å². The first-order valence-electron chi connectivity index (χ1n) is 18.6. The number of aryl methyl sites for hydroxylation is 1. The van der Waals surface area contributed by atoms with Gasteiger partial charge in [0.05, 0.1) is 33.3 Å². The molecule has 0 fully saturated rings. The van der Waals surface area contributed by atoms with Gasteiger partial charge in [0.25, 0.3) is 0 Å². The molecule has 0 bridgehead atoms. The van der Waals surface area contributed by atoms with Crippen LogP contribution in [0.1, 0.15) is 6.92 Å². The van der Waals surface area contributed by atoms with E-state index in [1.165, 1.54) is 38.0 Å². The van der Waals surface area contributed by atoms with Crippen LogP contribution in [0.15, 0.2) is 176 Å². The molecule has 0 radical (unpaired) electrons. The van der Waals surface area contributed by atoms with Crippen molar-refractivity contribution in [3.63, 3.8) is 0 Å². The minimum absolute atomic E-state index is 0.854. The molecule has 3 heterocycles. The molecule has 0 aliphatic rings. The van der Waals surface area contributed by atoms with Gasteiger partial charge in [-0.15, -0.1) is 0 Å². The van der Waals surface area contributed by atoms with E-state index in [0.29, 0.717) is 0 Å². The zero-order valence-corrected chi connectivity index (χ0v) is 29.7. The highest BCUT2D eigenvalue weighted by Gasteiger charge is 2.18. The van der Waals surface area contributed by atoms with Crippen LogP contribution in [-0.4, -0.2) is 19.1 Å². The first-order valence-corrected chi connectivity index (χ1v) is 18.6. The summed E-state index contributed by atoms with van der Waals surface area (Å²) in [5.41, 5.74) is 12.1. The molecule has 11 aromatic rings. The second kappa shape index (κ2) is 12.0. The molecule has 8 aromatic carbocycles. The normalized spacial score (nSPS) is 11.9. The van der Waals surface area contributed by atoms with Crippen molar-refractivity contribution in [1.82, 2.24) is 19.1 Å². The van der Waals surface area contributed by atoms with Crippen LogP contribution in [0.25, 0.3) is 105 Å². The van der Waals surface area contributed by atoms with E-state index in [9.17, 15) is 0 Å². The third-order valence-corrected chi connectivity index (χ3v) is 11.1. The van der Waals surface area contributed by atoms with Gasteiger partial charge >= 0.3 is 0 Å². The van der Waals surface area contributed by atoms with E-state index in [1.54, 1.807) is 0 Å². The highest BCUT2D eigenvalue weighted by atomic mass is 15.1. The Balaban J connectivity index is 1.13. The number of rotatable bonds is 5. The molecule has 0 saturated heterocycles. The van der Waals surface area contributed by atoms with Gasteiger partial charge in [0.15, 0.2) is 0 Å². The van der Waals surface area contributed by atoms with Crippen molar-refractivity contribution in [2.45, 2.75) is 13.5 Å². The monoisotopic (exact) mass is 690 g/mol. The van der Waals surface area contributed by atoms with Crippen molar-refractivity contribution in [2.24, 2.45) is 0 Å². The molecule has 0 unspecified atom stereocenters. The van der Waals surface area contributed by atoms with Gasteiger partial charge in [-0.25, -0.2) is 9.97 Å². The van der Waals surface area contributed by atoms with Crippen molar-refractivity contribution in [2.75, 3.05) is 0 Å². The molecule has 4 heteroatoms. The fourth-order valence-electron chi connectivity index (χ4n) is 8.66. The van der Waals surface area contributed by atoms with Gasteiger partial charge in [-0.05, 0) is 59.7 Å². The summed E-state index contributed by atoms with van der Waals surface area (Å²) in [6.45, 7) is 3.03. The molecule has 0 aliphatic heterocycles. The van der Waals surface area contributed by atoms with Gasteiger partial charge in [0.2, 0.25) is 0 Å². The first-order chi connectivity index (χ1) is 26.7. The Morgan fingerprint density at radius 1 is 0.463 bits per heavy atom. The Morgan fingerprint density at radius 3 is 1.89 bits per heavy atom. The van der Waals surface area contributed by atoms with E-state index in [0.717, 1.165) is 73.3 Å². The number of para-hydroxylation sites is 5. The van der Waals surface area contributed by atoms with Crippen molar-refractivity contribution in [1.29, 1.82) is 0 Å². The lowest BCUT2D eigenvalue weighted by Crippen LogP contribution is -1.97. The van der Waals surface area contributed by atoms with Crippen LogP contribution in [-0.2, 0) is 6.54 Å². The maximum absolute atomic E-state index is 5.61. The topological polar surface area (TPSA) is 35.6 Å². The smallest absolute Gasteiger partial charge is 0.141 e. The van der Waals surface area contributed by atoms with E-state index < -0.39 is 0 Å². The number of fused-ring (bicyclic) bond motifs is 9. The highest BCUT2D eigenvalue weighted by Crippen LogP contribution is 2.41. The molecule has 0 N–H and O–H groups in total. The largest absolute Gasteiger partial charge is 0.324 e. The van der Waals surface area contributed by atoms with Gasteiger partial charge in [-0.1, -0.05) is 140 Å². The van der Waals surface area contributed by atoms with Crippen LogP contribution in [0.4, 0.5) is 0 Å². The Kier molecular flexibility index (Phi) is 6.80. The van der Waals surface area contributed by atoms with Crippen LogP contribution in [0.5, 0.6) is 0 Å². The second-order valence-corrected chi connectivity index (χ2v) is 14.0. The molecular formula is C50H34N4. The van der Waals surface area contributed by atoms with Crippen molar-refractivity contribution < 1.29 is 0 Å². The number of nitrogens with zero attached hydrogens (tertiary/aromatic N) is 4. The predicted octanol–water partition coefficient (Wildman–Crippen LogP) is 13.0. The number of aromatic nitrogens is 4. The summed E-state index contributed by atoms with van der Waals surface area (Å²) in [6.07, 6.45) is 0. The highest BCUT2D eigenvalue weighted by molar-refractivity contribution is 6.24. The number of pyridine rings is 1. The molecule has 11 rings (SSSR count). The van der Waals surface area contributed by atoms with Gasteiger partial charge in [0.1, 0.15) is 5.82 Å². The van der Waals surface area contributed by atoms with Gasteiger partial charge in [-0.3, -0.25) is 0 Å².